The molecule has 0 fully saturated rings. The molecule has 0 spiro atoms. The number of hydrogen-bond acceptors (Lipinski definition) is 5. The Morgan fingerprint density at radius 3 is 2.61 bits per heavy atom. The smallest absolute Gasteiger partial charge is 0.231 e. The average Bonchev–Trinajstić information content (AvgIpc) is 2.75. The van der Waals surface area contributed by atoms with Gasteiger partial charge in [-0.2, -0.15) is 0 Å². The van der Waals surface area contributed by atoms with Gasteiger partial charge in [-0.1, -0.05) is 13.8 Å². The fourth-order valence-corrected chi connectivity index (χ4v) is 1.71. The minimum atomic E-state index is -0.388. The maximum absolute atomic E-state index is 9.81. The molecule has 1 heterocycles. The Kier molecular flexibility index (Phi) is 3.93. The SMILES string of the molecule is CC(C)C(O)CNCc1cc2c(cc1O)OCO2. The predicted molar refractivity (Wildman–Crippen MR) is 66.8 cm³/mol. The molecule has 1 aliphatic rings. The average molecular weight is 253 g/mol. The summed E-state index contributed by atoms with van der Waals surface area (Å²) < 4.78 is 10.4. The third-order valence-corrected chi connectivity index (χ3v) is 3.01. The number of ether oxygens (including phenoxy) is 2. The molecular formula is C13H19NO4. The number of phenolic OH excluding ortho intramolecular Hbond substituents is 1. The molecule has 1 atom stereocenters. The lowest BCUT2D eigenvalue weighted by atomic mass is 10.1. The number of phenols is 1. The van der Waals surface area contributed by atoms with Gasteiger partial charge in [0.25, 0.3) is 0 Å². The van der Waals surface area contributed by atoms with E-state index >= 15 is 0 Å². The summed E-state index contributed by atoms with van der Waals surface area (Å²) in [5, 5.41) is 22.6. The van der Waals surface area contributed by atoms with Gasteiger partial charge in [-0.15, -0.1) is 0 Å². The zero-order chi connectivity index (χ0) is 13.1. The van der Waals surface area contributed by atoms with Crippen LogP contribution in [0.15, 0.2) is 12.1 Å². The van der Waals surface area contributed by atoms with Crippen LogP contribution in [-0.4, -0.2) is 29.7 Å². The van der Waals surface area contributed by atoms with E-state index in [1.165, 1.54) is 0 Å². The van der Waals surface area contributed by atoms with Gasteiger partial charge in [-0.05, 0) is 12.0 Å². The van der Waals surface area contributed by atoms with Crippen molar-refractivity contribution < 1.29 is 19.7 Å². The zero-order valence-corrected chi connectivity index (χ0v) is 10.6. The van der Waals surface area contributed by atoms with Crippen LogP contribution in [-0.2, 0) is 6.54 Å². The van der Waals surface area contributed by atoms with Crippen LogP contribution < -0.4 is 14.8 Å². The first-order valence-corrected chi connectivity index (χ1v) is 6.08. The second-order valence-corrected chi connectivity index (χ2v) is 4.78. The number of rotatable bonds is 5. The van der Waals surface area contributed by atoms with E-state index in [4.69, 9.17) is 9.47 Å². The monoisotopic (exact) mass is 253 g/mol. The first-order chi connectivity index (χ1) is 8.58. The Balaban J connectivity index is 1.94. The molecule has 1 aromatic rings. The van der Waals surface area contributed by atoms with Gasteiger partial charge in [-0.25, -0.2) is 0 Å². The summed E-state index contributed by atoms with van der Waals surface area (Å²) in [5.74, 6) is 1.60. The number of aliphatic hydroxyl groups is 1. The molecular weight excluding hydrogens is 234 g/mol. The molecule has 0 bridgehead atoms. The molecule has 18 heavy (non-hydrogen) atoms. The Bertz CT molecular complexity index is 420. The van der Waals surface area contributed by atoms with Crippen molar-refractivity contribution in [2.24, 2.45) is 5.92 Å². The van der Waals surface area contributed by atoms with E-state index < -0.39 is 0 Å². The largest absolute Gasteiger partial charge is 0.507 e. The molecule has 1 aliphatic heterocycles. The van der Waals surface area contributed by atoms with Gasteiger partial charge >= 0.3 is 0 Å². The van der Waals surface area contributed by atoms with E-state index in [0.29, 0.717) is 24.6 Å². The number of aliphatic hydroxyl groups excluding tert-OH is 1. The topological polar surface area (TPSA) is 71.0 Å². The molecule has 5 nitrogen and oxygen atoms in total. The van der Waals surface area contributed by atoms with Crippen molar-refractivity contribution in [1.29, 1.82) is 0 Å². The van der Waals surface area contributed by atoms with E-state index in [0.717, 1.165) is 5.56 Å². The van der Waals surface area contributed by atoms with Gasteiger partial charge in [0, 0.05) is 24.7 Å². The van der Waals surface area contributed by atoms with E-state index in [-0.39, 0.29) is 24.6 Å². The molecule has 2 rings (SSSR count). The minimum Gasteiger partial charge on any atom is -0.507 e. The molecule has 1 aromatic carbocycles. The van der Waals surface area contributed by atoms with Gasteiger partial charge in [0.1, 0.15) is 5.75 Å². The molecule has 0 aromatic heterocycles. The molecule has 100 valence electrons. The molecule has 1 unspecified atom stereocenters. The van der Waals surface area contributed by atoms with Crippen LogP contribution in [0, 0.1) is 5.92 Å². The maximum Gasteiger partial charge on any atom is 0.231 e. The summed E-state index contributed by atoms with van der Waals surface area (Å²) in [6, 6.07) is 3.31. The van der Waals surface area contributed by atoms with Crippen LogP contribution in [0.5, 0.6) is 17.2 Å². The standard InChI is InChI=1S/C13H19NO4/c1-8(2)11(16)6-14-5-9-3-12-13(4-10(9)15)18-7-17-12/h3-4,8,11,14-16H,5-7H2,1-2H3. The van der Waals surface area contributed by atoms with Crippen LogP contribution in [0.25, 0.3) is 0 Å². The van der Waals surface area contributed by atoms with E-state index in [2.05, 4.69) is 5.32 Å². The van der Waals surface area contributed by atoms with Crippen molar-refractivity contribution in [3.63, 3.8) is 0 Å². The summed E-state index contributed by atoms with van der Waals surface area (Å²) >= 11 is 0. The number of aromatic hydroxyl groups is 1. The molecule has 0 radical (unpaired) electrons. The highest BCUT2D eigenvalue weighted by Crippen LogP contribution is 2.37. The van der Waals surface area contributed by atoms with Crippen molar-refractivity contribution in [2.45, 2.75) is 26.5 Å². The molecule has 0 saturated carbocycles. The first kappa shape index (κ1) is 13.0. The van der Waals surface area contributed by atoms with E-state index in [1.54, 1.807) is 12.1 Å². The minimum absolute atomic E-state index is 0.172. The Labute approximate surface area is 106 Å². The molecule has 3 N–H and O–H groups in total. The molecule has 5 heteroatoms. The van der Waals surface area contributed by atoms with E-state index in [9.17, 15) is 10.2 Å². The highest BCUT2D eigenvalue weighted by molar-refractivity contribution is 5.51. The van der Waals surface area contributed by atoms with Crippen LogP contribution in [0.3, 0.4) is 0 Å². The fraction of sp³-hybridized carbons (Fsp3) is 0.538. The number of hydrogen-bond donors (Lipinski definition) is 3. The quantitative estimate of drug-likeness (QED) is 0.736. The number of nitrogens with one attached hydrogen (secondary N) is 1. The second kappa shape index (κ2) is 5.46. The van der Waals surface area contributed by atoms with E-state index in [1.807, 2.05) is 13.8 Å². The van der Waals surface area contributed by atoms with Crippen molar-refractivity contribution in [3.05, 3.63) is 17.7 Å². The lowest BCUT2D eigenvalue weighted by Crippen LogP contribution is -2.30. The lowest BCUT2D eigenvalue weighted by Gasteiger charge is -2.15. The van der Waals surface area contributed by atoms with Crippen LogP contribution in [0.1, 0.15) is 19.4 Å². The highest BCUT2D eigenvalue weighted by atomic mass is 16.7. The third kappa shape index (κ3) is 2.86. The normalized spacial score (nSPS) is 15.1. The van der Waals surface area contributed by atoms with Crippen LogP contribution >= 0.6 is 0 Å². The number of fused-ring (bicyclic) bond motifs is 1. The summed E-state index contributed by atoms with van der Waals surface area (Å²) in [7, 11) is 0. The van der Waals surface area contributed by atoms with Crippen molar-refractivity contribution in [3.8, 4) is 17.2 Å². The summed E-state index contributed by atoms with van der Waals surface area (Å²) in [6.45, 7) is 5.09. The van der Waals surface area contributed by atoms with Crippen LogP contribution in [0.4, 0.5) is 0 Å². The van der Waals surface area contributed by atoms with Gasteiger partial charge in [0.2, 0.25) is 6.79 Å². The number of benzene rings is 1. The molecule has 0 saturated heterocycles. The van der Waals surface area contributed by atoms with Gasteiger partial charge in [0.15, 0.2) is 11.5 Å². The fourth-order valence-electron chi connectivity index (χ4n) is 1.71. The molecule has 0 aliphatic carbocycles. The Hall–Kier alpha value is -1.46. The highest BCUT2D eigenvalue weighted by Gasteiger charge is 2.17. The molecule has 0 amide bonds. The van der Waals surface area contributed by atoms with Crippen molar-refractivity contribution in [2.75, 3.05) is 13.3 Å². The summed E-state index contributed by atoms with van der Waals surface area (Å²) in [4.78, 5) is 0. The maximum atomic E-state index is 9.81. The lowest BCUT2D eigenvalue weighted by molar-refractivity contribution is 0.123. The predicted octanol–water partition coefficient (Wildman–Crippen LogP) is 1.23. The van der Waals surface area contributed by atoms with Gasteiger partial charge < -0.3 is 25.0 Å². The Morgan fingerprint density at radius 1 is 1.28 bits per heavy atom. The van der Waals surface area contributed by atoms with Gasteiger partial charge in [-0.3, -0.25) is 0 Å². The Morgan fingerprint density at radius 2 is 1.94 bits per heavy atom. The summed E-state index contributed by atoms with van der Waals surface area (Å²) in [5.41, 5.74) is 0.732. The summed E-state index contributed by atoms with van der Waals surface area (Å²) in [6.07, 6.45) is -0.388. The zero-order valence-electron chi connectivity index (χ0n) is 10.6. The first-order valence-electron chi connectivity index (χ1n) is 6.08. The van der Waals surface area contributed by atoms with Crippen molar-refractivity contribution in [1.82, 2.24) is 5.32 Å². The van der Waals surface area contributed by atoms with Gasteiger partial charge in [0.05, 0.1) is 6.10 Å². The van der Waals surface area contributed by atoms with Crippen LogP contribution in [0.2, 0.25) is 0 Å². The van der Waals surface area contributed by atoms with Crippen molar-refractivity contribution >= 4 is 0 Å². The second-order valence-electron chi connectivity index (χ2n) is 4.78. The third-order valence-electron chi connectivity index (χ3n) is 3.01.